The van der Waals surface area contributed by atoms with Gasteiger partial charge in [-0.2, -0.15) is 0 Å². The number of carbonyl (C=O) groups is 1. The number of carbonyl (C=O) groups excluding carboxylic acids is 1. The molecule has 2 fully saturated rings. The van der Waals surface area contributed by atoms with Gasteiger partial charge in [0.05, 0.1) is 6.04 Å². The highest BCUT2D eigenvalue weighted by Crippen LogP contribution is 2.55. The molecule has 0 aliphatic heterocycles. The van der Waals surface area contributed by atoms with E-state index in [1.165, 1.54) is 31.2 Å². The highest BCUT2D eigenvalue weighted by atomic mass is 16.2. The van der Waals surface area contributed by atoms with Crippen LogP contribution < -0.4 is 5.32 Å². The molecule has 3 atom stereocenters. The van der Waals surface area contributed by atoms with Crippen molar-refractivity contribution in [1.29, 1.82) is 0 Å². The number of benzene rings is 1. The molecule has 0 aromatic heterocycles. The number of amides is 1. The van der Waals surface area contributed by atoms with Crippen molar-refractivity contribution in [1.82, 2.24) is 5.32 Å². The number of nitrogens with one attached hydrogen (secondary N) is 1. The lowest BCUT2D eigenvalue weighted by molar-refractivity contribution is -0.123. The second kappa shape index (κ2) is 4.75. The van der Waals surface area contributed by atoms with Crippen LogP contribution in [0.3, 0.4) is 0 Å². The van der Waals surface area contributed by atoms with E-state index in [9.17, 15) is 4.79 Å². The number of hydrogen-bond acceptors (Lipinski definition) is 1. The van der Waals surface area contributed by atoms with Crippen LogP contribution in [-0.2, 0) is 4.79 Å². The molecule has 0 spiro atoms. The van der Waals surface area contributed by atoms with Crippen LogP contribution in [0.2, 0.25) is 0 Å². The third-order valence-electron chi connectivity index (χ3n) is 4.62. The van der Waals surface area contributed by atoms with Gasteiger partial charge < -0.3 is 5.32 Å². The van der Waals surface area contributed by atoms with Gasteiger partial charge in [-0.15, -0.1) is 0 Å². The van der Waals surface area contributed by atoms with Crippen molar-refractivity contribution < 1.29 is 4.79 Å². The van der Waals surface area contributed by atoms with Crippen molar-refractivity contribution in [3.63, 3.8) is 0 Å². The second-order valence-corrected chi connectivity index (χ2v) is 5.78. The molecule has 0 heterocycles. The van der Waals surface area contributed by atoms with E-state index < -0.39 is 0 Å². The second-order valence-electron chi connectivity index (χ2n) is 5.78. The zero-order valence-corrected chi connectivity index (χ0v) is 10.9. The summed E-state index contributed by atoms with van der Waals surface area (Å²) in [5.41, 5.74) is 1.19. The summed E-state index contributed by atoms with van der Waals surface area (Å²) in [6, 6.07) is 10.3. The SMILES string of the molecule is C[C@H](NC(=O)C1[C@H]2CCCC[C@H]12)c1ccccc1. The van der Waals surface area contributed by atoms with Crippen LogP contribution in [0.1, 0.15) is 44.2 Å². The fraction of sp³-hybridized carbons (Fsp3) is 0.562. The lowest BCUT2D eigenvalue weighted by atomic mass is 10.0. The van der Waals surface area contributed by atoms with E-state index in [1.54, 1.807) is 0 Å². The van der Waals surface area contributed by atoms with Crippen molar-refractivity contribution in [3.05, 3.63) is 35.9 Å². The Kier molecular flexibility index (Phi) is 3.11. The molecule has 2 aliphatic rings. The molecule has 0 saturated heterocycles. The molecule has 1 amide bonds. The van der Waals surface area contributed by atoms with Gasteiger partial charge in [-0.25, -0.2) is 0 Å². The predicted octanol–water partition coefficient (Wildman–Crippen LogP) is 3.30. The van der Waals surface area contributed by atoms with Crippen molar-refractivity contribution in [2.45, 2.75) is 38.6 Å². The Balaban J connectivity index is 1.59. The third kappa shape index (κ3) is 2.16. The Bertz CT molecular complexity index is 416. The van der Waals surface area contributed by atoms with E-state index in [0.29, 0.717) is 17.8 Å². The summed E-state index contributed by atoms with van der Waals surface area (Å²) in [5, 5.41) is 3.18. The number of rotatable bonds is 3. The van der Waals surface area contributed by atoms with E-state index in [2.05, 4.69) is 24.4 Å². The van der Waals surface area contributed by atoms with Gasteiger partial charge in [0.2, 0.25) is 5.91 Å². The van der Waals surface area contributed by atoms with Crippen molar-refractivity contribution in [3.8, 4) is 0 Å². The predicted molar refractivity (Wildman–Crippen MR) is 71.9 cm³/mol. The average molecular weight is 243 g/mol. The molecular formula is C16H21NO. The van der Waals surface area contributed by atoms with E-state index in [0.717, 1.165) is 0 Å². The summed E-state index contributed by atoms with van der Waals surface area (Å²) in [5.74, 6) is 1.99. The Labute approximate surface area is 109 Å². The van der Waals surface area contributed by atoms with Crippen molar-refractivity contribution in [2.24, 2.45) is 17.8 Å². The first kappa shape index (κ1) is 11.8. The first-order chi connectivity index (χ1) is 8.77. The van der Waals surface area contributed by atoms with Gasteiger partial charge in [0.15, 0.2) is 0 Å². The van der Waals surface area contributed by atoms with Gasteiger partial charge >= 0.3 is 0 Å². The van der Waals surface area contributed by atoms with Gasteiger partial charge in [-0.3, -0.25) is 4.79 Å². The van der Waals surface area contributed by atoms with E-state index in [1.807, 2.05) is 18.2 Å². The van der Waals surface area contributed by atoms with Crippen LogP contribution in [0.25, 0.3) is 0 Å². The zero-order valence-electron chi connectivity index (χ0n) is 10.9. The molecule has 2 nitrogen and oxygen atoms in total. The van der Waals surface area contributed by atoms with Crippen LogP contribution in [0.15, 0.2) is 30.3 Å². The molecule has 96 valence electrons. The Morgan fingerprint density at radius 1 is 1.17 bits per heavy atom. The highest BCUT2D eigenvalue weighted by molar-refractivity contribution is 5.82. The summed E-state index contributed by atoms with van der Waals surface area (Å²) in [4.78, 5) is 12.2. The topological polar surface area (TPSA) is 29.1 Å². The fourth-order valence-electron chi connectivity index (χ4n) is 3.52. The summed E-state index contributed by atoms with van der Waals surface area (Å²) >= 11 is 0. The molecule has 1 aromatic rings. The summed E-state index contributed by atoms with van der Waals surface area (Å²) in [6.07, 6.45) is 5.17. The normalized spacial score (nSPS) is 31.3. The van der Waals surface area contributed by atoms with Gasteiger partial charge in [0.1, 0.15) is 0 Å². The van der Waals surface area contributed by atoms with Crippen LogP contribution in [0.5, 0.6) is 0 Å². The summed E-state index contributed by atoms with van der Waals surface area (Å²) in [6.45, 7) is 2.07. The molecule has 0 radical (unpaired) electrons. The van der Waals surface area contributed by atoms with Crippen LogP contribution in [-0.4, -0.2) is 5.91 Å². The Hall–Kier alpha value is -1.31. The van der Waals surface area contributed by atoms with Gasteiger partial charge in [0.25, 0.3) is 0 Å². The Morgan fingerprint density at radius 3 is 2.39 bits per heavy atom. The largest absolute Gasteiger partial charge is 0.349 e. The van der Waals surface area contributed by atoms with Gasteiger partial charge in [-0.05, 0) is 37.2 Å². The lowest BCUT2D eigenvalue weighted by Gasteiger charge is -2.14. The van der Waals surface area contributed by atoms with Crippen LogP contribution in [0, 0.1) is 17.8 Å². The van der Waals surface area contributed by atoms with Crippen molar-refractivity contribution >= 4 is 5.91 Å². The minimum Gasteiger partial charge on any atom is -0.349 e. The first-order valence-electron chi connectivity index (χ1n) is 7.12. The Morgan fingerprint density at radius 2 is 1.78 bits per heavy atom. The molecule has 1 N–H and O–H groups in total. The van der Waals surface area contributed by atoms with E-state index >= 15 is 0 Å². The van der Waals surface area contributed by atoms with Gasteiger partial charge in [-0.1, -0.05) is 43.2 Å². The highest BCUT2D eigenvalue weighted by Gasteiger charge is 2.54. The standard InChI is InChI=1S/C16H21NO/c1-11(12-7-3-2-4-8-12)17-16(18)15-13-9-5-6-10-14(13)15/h2-4,7-8,11,13-15H,5-6,9-10H2,1H3,(H,17,18)/t11-,13-,14-/m0/s1. The minimum atomic E-state index is 0.126. The molecule has 3 rings (SSSR count). The lowest BCUT2D eigenvalue weighted by Crippen LogP contribution is -2.28. The molecule has 2 saturated carbocycles. The third-order valence-corrected chi connectivity index (χ3v) is 4.62. The minimum absolute atomic E-state index is 0.126. The smallest absolute Gasteiger partial charge is 0.224 e. The first-order valence-corrected chi connectivity index (χ1v) is 7.12. The van der Waals surface area contributed by atoms with Crippen LogP contribution >= 0.6 is 0 Å². The molecule has 0 bridgehead atoms. The number of fused-ring (bicyclic) bond motifs is 1. The quantitative estimate of drug-likeness (QED) is 0.867. The van der Waals surface area contributed by atoms with Gasteiger partial charge in [0, 0.05) is 5.92 Å². The van der Waals surface area contributed by atoms with Crippen molar-refractivity contribution in [2.75, 3.05) is 0 Å². The zero-order chi connectivity index (χ0) is 12.5. The maximum absolute atomic E-state index is 12.2. The monoisotopic (exact) mass is 243 g/mol. The summed E-state index contributed by atoms with van der Waals surface area (Å²) < 4.78 is 0. The van der Waals surface area contributed by atoms with Crippen LogP contribution in [0.4, 0.5) is 0 Å². The molecule has 1 aromatic carbocycles. The summed E-state index contributed by atoms with van der Waals surface area (Å²) in [7, 11) is 0. The average Bonchev–Trinajstić information content (AvgIpc) is 3.14. The fourth-order valence-corrected chi connectivity index (χ4v) is 3.52. The van der Waals surface area contributed by atoms with E-state index in [4.69, 9.17) is 0 Å². The molecule has 18 heavy (non-hydrogen) atoms. The molecular weight excluding hydrogens is 222 g/mol. The number of hydrogen-bond donors (Lipinski definition) is 1. The molecule has 0 unspecified atom stereocenters. The maximum Gasteiger partial charge on any atom is 0.224 e. The maximum atomic E-state index is 12.2. The molecule has 2 aliphatic carbocycles. The molecule has 2 heteroatoms. The van der Waals surface area contributed by atoms with E-state index in [-0.39, 0.29) is 11.9 Å².